The van der Waals surface area contributed by atoms with Gasteiger partial charge in [0.1, 0.15) is 0 Å². The van der Waals surface area contributed by atoms with Crippen LogP contribution in [-0.4, -0.2) is 4.98 Å². The second-order valence-electron chi connectivity index (χ2n) is 3.80. The van der Waals surface area contributed by atoms with Crippen LogP contribution in [0.15, 0.2) is 52.8 Å². The van der Waals surface area contributed by atoms with Crippen molar-refractivity contribution < 1.29 is 0 Å². The number of aromatic nitrogens is 1. The number of benzene rings is 1. The number of hydrogen-bond donors (Lipinski definition) is 1. The molecule has 0 saturated carbocycles. The van der Waals surface area contributed by atoms with Crippen molar-refractivity contribution in [1.29, 1.82) is 0 Å². The Balaban J connectivity index is 2.69. The SMILES string of the molecule is C=Cc1cc(-c2cccc(Br)c2)c(=O)[nH]c1C=C. The van der Waals surface area contributed by atoms with Gasteiger partial charge in [-0.2, -0.15) is 0 Å². The molecular formula is C15H12BrNO. The monoisotopic (exact) mass is 301 g/mol. The maximum Gasteiger partial charge on any atom is 0.256 e. The van der Waals surface area contributed by atoms with Crippen LogP contribution in [0.2, 0.25) is 0 Å². The van der Waals surface area contributed by atoms with Crippen molar-refractivity contribution in [3.05, 3.63) is 69.6 Å². The van der Waals surface area contributed by atoms with Gasteiger partial charge in [0.15, 0.2) is 0 Å². The molecule has 0 aliphatic heterocycles. The molecule has 0 aliphatic carbocycles. The summed E-state index contributed by atoms with van der Waals surface area (Å²) in [7, 11) is 0. The highest BCUT2D eigenvalue weighted by Crippen LogP contribution is 2.22. The molecule has 0 bridgehead atoms. The molecule has 2 nitrogen and oxygen atoms in total. The molecule has 0 radical (unpaired) electrons. The first-order chi connectivity index (χ1) is 8.65. The van der Waals surface area contributed by atoms with Crippen LogP contribution in [-0.2, 0) is 0 Å². The van der Waals surface area contributed by atoms with Crippen LogP contribution in [0, 0.1) is 0 Å². The van der Waals surface area contributed by atoms with Crippen molar-refractivity contribution >= 4 is 28.1 Å². The fraction of sp³-hybridized carbons (Fsp3) is 0. The lowest BCUT2D eigenvalue weighted by Crippen LogP contribution is -2.11. The molecule has 0 unspecified atom stereocenters. The molecule has 0 saturated heterocycles. The van der Waals surface area contributed by atoms with Gasteiger partial charge < -0.3 is 4.98 Å². The second kappa shape index (κ2) is 5.19. The molecule has 0 spiro atoms. The first-order valence-corrected chi connectivity index (χ1v) is 6.23. The summed E-state index contributed by atoms with van der Waals surface area (Å²) < 4.78 is 0.937. The Morgan fingerprint density at radius 1 is 1.17 bits per heavy atom. The Labute approximate surface area is 114 Å². The summed E-state index contributed by atoms with van der Waals surface area (Å²) in [5.74, 6) is 0. The summed E-state index contributed by atoms with van der Waals surface area (Å²) in [6.07, 6.45) is 3.32. The van der Waals surface area contributed by atoms with Gasteiger partial charge in [0.2, 0.25) is 0 Å². The summed E-state index contributed by atoms with van der Waals surface area (Å²) >= 11 is 3.40. The summed E-state index contributed by atoms with van der Waals surface area (Å²) in [4.78, 5) is 14.8. The molecule has 90 valence electrons. The number of aromatic amines is 1. The van der Waals surface area contributed by atoms with E-state index in [1.807, 2.05) is 30.3 Å². The number of nitrogens with one attached hydrogen (secondary N) is 1. The minimum absolute atomic E-state index is 0.131. The minimum Gasteiger partial charge on any atom is -0.321 e. The molecule has 0 aliphatic rings. The fourth-order valence-corrected chi connectivity index (χ4v) is 2.17. The Kier molecular flexibility index (Phi) is 3.63. The van der Waals surface area contributed by atoms with E-state index in [0.29, 0.717) is 11.3 Å². The van der Waals surface area contributed by atoms with Gasteiger partial charge in [0.25, 0.3) is 5.56 Å². The standard InChI is InChI=1S/C15H12BrNO/c1-3-10-9-13(15(18)17-14(10)4-2)11-6-5-7-12(16)8-11/h3-9H,1-2H2,(H,17,18). The largest absolute Gasteiger partial charge is 0.321 e. The van der Waals surface area contributed by atoms with Gasteiger partial charge in [-0.05, 0) is 35.4 Å². The van der Waals surface area contributed by atoms with Crippen LogP contribution in [0.3, 0.4) is 0 Å². The van der Waals surface area contributed by atoms with Crippen LogP contribution in [0.4, 0.5) is 0 Å². The molecule has 1 N–H and O–H groups in total. The third-order valence-corrected chi connectivity index (χ3v) is 3.16. The number of hydrogen-bond acceptors (Lipinski definition) is 1. The van der Waals surface area contributed by atoms with E-state index in [1.54, 1.807) is 12.2 Å². The first kappa shape index (κ1) is 12.6. The van der Waals surface area contributed by atoms with Crippen molar-refractivity contribution in [2.45, 2.75) is 0 Å². The van der Waals surface area contributed by atoms with Crippen molar-refractivity contribution in [3.8, 4) is 11.1 Å². The van der Waals surface area contributed by atoms with Gasteiger partial charge in [0.05, 0.1) is 0 Å². The lowest BCUT2D eigenvalue weighted by atomic mass is 10.0. The predicted octanol–water partition coefficient (Wildman–Crippen LogP) is 4.09. The van der Waals surface area contributed by atoms with Crippen molar-refractivity contribution in [3.63, 3.8) is 0 Å². The maximum absolute atomic E-state index is 12.0. The Bertz CT molecular complexity index is 670. The van der Waals surface area contributed by atoms with E-state index >= 15 is 0 Å². The lowest BCUT2D eigenvalue weighted by Gasteiger charge is -2.06. The van der Waals surface area contributed by atoms with Crippen LogP contribution < -0.4 is 5.56 Å². The van der Waals surface area contributed by atoms with E-state index in [2.05, 4.69) is 34.1 Å². The van der Waals surface area contributed by atoms with Gasteiger partial charge >= 0.3 is 0 Å². The molecule has 0 atom stereocenters. The zero-order valence-corrected chi connectivity index (χ0v) is 11.3. The summed E-state index contributed by atoms with van der Waals surface area (Å²) in [5, 5.41) is 0. The third kappa shape index (κ3) is 2.36. The van der Waals surface area contributed by atoms with Crippen molar-refractivity contribution in [2.75, 3.05) is 0 Å². The van der Waals surface area contributed by atoms with Crippen molar-refractivity contribution in [2.24, 2.45) is 0 Å². The van der Waals surface area contributed by atoms with Crippen LogP contribution in [0.25, 0.3) is 23.3 Å². The smallest absolute Gasteiger partial charge is 0.256 e. The molecule has 2 aromatic rings. The van der Waals surface area contributed by atoms with Gasteiger partial charge in [-0.1, -0.05) is 47.3 Å². The van der Waals surface area contributed by atoms with Gasteiger partial charge in [-0.25, -0.2) is 0 Å². The van der Waals surface area contributed by atoms with Crippen LogP contribution in [0.5, 0.6) is 0 Å². The normalized spacial score (nSPS) is 10.1. The predicted molar refractivity (Wildman–Crippen MR) is 80.4 cm³/mol. The summed E-state index contributed by atoms with van der Waals surface area (Å²) in [5.41, 5.74) is 2.91. The number of halogens is 1. The lowest BCUT2D eigenvalue weighted by molar-refractivity contribution is 1.21. The number of pyridine rings is 1. The fourth-order valence-electron chi connectivity index (χ4n) is 1.77. The molecule has 1 heterocycles. The quantitative estimate of drug-likeness (QED) is 0.910. The number of rotatable bonds is 3. The Morgan fingerprint density at radius 3 is 2.56 bits per heavy atom. The minimum atomic E-state index is -0.131. The maximum atomic E-state index is 12.0. The summed E-state index contributed by atoms with van der Waals surface area (Å²) in [6, 6.07) is 9.45. The van der Waals surface area contributed by atoms with E-state index in [0.717, 1.165) is 15.6 Å². The van der Waals surface area contributed by atoms with E-state index in [-0.39, 0.29) is 5.56 Å². The van der Waals surface area contributed by atoms with E-state index in [1.165, 1.54) is 0 Å². The highest BCUT2D eigenvalue weighted by Gasteiger charge is 2.07. The Morgan fingerprint density at radius 2 is 1.94 bits per heavy atom. The van der Waals surface area contributed by atoms with Gasteiger partial charge in [-0.3, -0.25) is 4.79 Å². The average Bonchev–Trinajstić information content (AvgIpc) is 2.38. The molecular weight excluding hydrogens is 290 g/mol. The Hall–Kier alpha value is -1.87. The zero-order valence-electron chi connectivity index (χ0n) is 9.74. The van der Waals surface area contributed by atoms with Gasteiger partial charge in [0, 0.05) is 15.7 Å². The molecule has 3 heteroatoms. The topological polar surface area (TPSA) is 32.9 Å². The van der Waals surface area contributed by atoms with Crippen molar-refractivity contribution in [1.82, 2.24) is 4.98 Å². The highest BCUT2D eigenvalue weighted by molar-refractivity contribution is 9.10. The van der Waals surface area contributed by atoms with E-state index in [4.69, 9.17) is 0 Å². The highest BCUT2D eigenvalue weighted by atomic mass is 79.9. The van der Waals surface area contributed by atoms with Gasteiger partial charge in [-0.15, -0.1) is 0 Å². The van der Waals surface area contributed by atoms with Crippen LogP contribution >= 0.6 is 15.9 Å². The molecule has 1 aromatic heterocycles. The average molecular weight is 302 g/mol. The molecule has 18 heavy (non-hydrogen) atoms. The molecule has 1 aromatic carbocycles. The number of H-pyrrole nitrogens is 1. The van der Waals surface area contributed by atoms with Crippen LogP contribution in [0.1, 0.15) is 11.3 Å². The second-order valence-corrected chi connectivity index (χ2v) is 4.72. The molecule has 2 rings (SSSR count). The first-order valence-electron chi connectivity index (χ1n) is 5.44. The molecule has 0 fully saturated rings. The third-order valence-electron chi connectivity index (χ3n) is 2.66. The van der Waals surface area contributed by atoms with E-state index in [9.17, 15) is 4.79 Å². The molecule has 0 amide bonds. The summed E-state index contributed by atoms with van der Waals surface area (Å²) in [6.45, 7) is 7.41. The zero-order chi connectivity index (χ0) is 13.1. The van der Waals surface area contributed by atoms with E-state index < -0.39 is 0 Å².